The van der Waals surface area contributed by atoms with E-state index in [0.29, 0.717) is 17.9 Å². The van der Waals surface area contributed by atoms with Crippen molar-refractivity contribution in [2.75, 3.05) is 45.3 Å². The van der Waals surface area contributed by atoms with E-state index in [1.165, 1.54) is 11.3 Å². The topological polar surface area (TPSA) is 42.0 Å². The number of piperazine rings is 1. The van der Waals surface area contributed by atoms with Crippen LogP contribution >= 0.6 is 0 Å². The van der Waals surface area contributed by atoms with Crippen molar-refractivity contribution in [3.63, 3.8) is 0 Å². The summed E-state index contributed by atoms with van der Waals surface area (Å²) in [5.74, 6) is 1.49. The Morgan fingerprint density at radius 1 is 0.889 bits per heavy atom. The average molecular weight is 368 g/mol. The molecule has 1 fully saturated rings. The summed E-state index contributed by atoms with van der Waals surface area (Å²) >= 11 is 0. The SMILES string of the molecule is CCc1ccc(N2CCN(C(=O)Cc3ccc(OC)c(OC)c3)CC2)cc1. The number of hydrogen-bond donors (Lipinski definition) is 0. The molecular weight excluding hydrogens is 340 g/mol. The first kappa shape index (κ1) is 19.1. The molecule has 2 aromatic carbocycles. The Morgan fingerprint density at radius 3 is 2.11 bits per heavy atom. The largest absolute Gasteiger partial charge is 0.493 e. The van der Waals surface area contributed by atoms with E-state index in [-0.39, 0.29) is 5.91 Å². The van der Waals surface area contributed by atoms with Gasteiger partial charge >= 0.3 is 0 Å². The minimum atomic E-state index is 0.156. The van der Waals surface area contributed by atoms with Crippen LogP contribution in [0.5, 0.6) is 11.5 Å². The summed E-state index contributed by atoms with van der Waals surface area (Å²) in [5, 5.41) is 0. The smallest absolute Gasteiger partial charge is 0.227 e. The summed E-state index contributed by atoms with van der Waals surface area (Å²) in [7, 11) is 3.22. The van der Waals surface area contributed by atoms with Crippen LogP contribution in [0.25, 0.3) is 0 Å². The Kier molecular flexibility index (Phi) is 6.22. The lowest BCUT2D eigenvalue weighted by molar-refractivity contribution is -0.130. The second-order valence-electron chi connectivity index (χ2n) is 6.75. The number of methoxy groups -OCH3 is 2. The molecule has 1 aliphatic heterocycles. The Labute approximate surface area is 161 Å². The summed E-state index contributed by atoms with van der Waals surface area (Å²) in [4.78, 5) is 17.0. The minimum absolute atomic E-state index is 0.156. The van der Waals surface area contributed by atoms with Crippen LogP contribution < -0.4 is 14.4 Å². The number of ether oxygens (including phenoxy) is 2. The monoisotopic (exact) mass is 368 g/mol. The van der Waals surface area contributed by atoms with Gasteiger partial charge in [-0.3, -0.25) is 4.79 Å². The number of carbonyl (C=O) groups excluding carboxylic acids is 1. The van der Waals surface area contributed by atoms with Crippen molar-refractivity contribution in [2.45, 2.75) is 19.8 Å². The van der Waals surface area contributed by atoms with Crippen molar-refractivity contribution in [2.24, 2.45) is 0 Å². The van der Waals surface area contributed by atoms with Gasteiger partial charge < -0.3 is 19.3 Å². The van der Waals surface area contributed by atoms with Crippen LogP contribution in [-0.4, -0.2) is 51.2 Å². The van der Waals surface area contributed by atoms with E-state index in [1.54, 1.807) is 14.2 Å². The first-order valence-electron chi connectivity index (χ1n) is 9.47. The van der Waals surface area contributed by atoms with Crippen molar-refractivity contribution < 1.29 is 14.3 Å². The highest BCUT2D eigenvalue weighted by molar-refractivity contribution is 5.79. The average Bonchev–Trinajstić information content (AvgIpc) is 2.73. The molecule has 27 heavy (non-hydrogen) atoms. The van der Waals surface area contributed by atoms with E-state index >= 15 is 0 Å². The first-order valence-corrected chi connectivity index (χ1v) is 9.47. The van der Waals surface area contributed by atoms with Gasteiger partial charge in [0.15, 0.2) is 11.5 Å². The van der Waals surface area contributed by atoms with Gasteiger partial charge in [0.25, 0.3) is 0 Å². The predicted octanol–water partition coefficient (Wildman–Crippen LogP) is 3.16. The van der Waals surface area contributed by atoms with Crippen molar-refractivity contribution in [1.82, 2.24) is 4.90 Å². The molecule has 3 rings (SSSR count). The molecule has 5 nitrogen and oxygen atoms in total. The highest BCUT2D eigenvalue weighted by atomic mass is 16.5. The maximum Gasteiger partial charge on any atom is 0.227 e. The third kappa shape index (κ3) is 4.54. The Bertz CT molecular complexity index is 766. The molecule has 1 heterocycles. The molecular formula is C22H28N2O3. The van der Waals surface area contributed by atoms with E-state index in [9.17, 15) is 4.79 Å². The number of hydrogen-bond acceptors (Lipinski definition) is 4. The van der Waals surface area contributed by atoms with E-state index in [4.69, 9.17) is 9.47 Å². The fourth-order valence-corrected chi connectivity index (χ4v) is 3.43. The number of amides is 1. The Morgan fingerprint density at radius 2 is 1.52 bits per heavy atom. The van der Waals surface area contributed by atoms with Gasteiger partial charge in [0, 0.05) is 31.9 Å². The Hall–Kier alpha value is -2.69. The van der Waals surface area contributed by atoms with Gasteiger partial charge in [0.2, 0.25) is 5.91 Å². The lowest BCUT2D eigenvalue weighted by atomic mass is 10.1. The molecule has 5 heteroatoms. The first-order chi connectivity index (χ1) is 13.1. The van der Waals surface area contributed by atoms with Gasteiger partial charge in [-0.25, -0.2) is 0 Å². The standard InChI is InChI=1S/C22H28N2O3/c1-4-17-5-8-19(9-6-17)23-11-13-24(14-12-23)22(25)16-18-7-10-20(26-2)21(15-18)27-3/h5-10,15H,4,11-14,16H2,1-3H3. The molecule has 0 radical (unpaired) electrons. The third-order valence-electron chi connectivity index (χ3n) is 5.15. The lowest BCUT2D eigenvalue weighted by Crippen LogP contribution is -2.49. The molecule has 0 aliphatic carbocycles. The second-order valence-corrected chi connectivity index (χ2v) is 6.75. The van der Waals surface area contributed by atoms with Crippen LogP contribution in [0.3, 0.4) is 0 Å². The van der Waals surface area contributed by atoms with Gasteiger partial charge in [0.05, 0.1) is 20.6 Å². The number of carbonyl (C=O) groups is 1. The summed E-state index contributed by atoms with van der Waals surface area (Å²) in [6.07, 6.45) is 1.43. The highest BCUT2D eigenvalue weighted by Crippen LogP contribution is 2.28. The normalized spacial score (nSPS) is 14.2. The third-order valence-corrected chi connectivity index (χ3v) is 5.15. The maximum atomic E-state index is 12.7. The molecule has 0 bridgehead atoms. The fraction of sp³-hybridized carbons (Fsp3) is 0.409. The minimum Gasteiger partial charge on any atom is -0.493 e. The highest BCUT2D eigenvalue weighted by Gasteiger charge is 2.21. The second kappa shape index (κ2) is 8.80. The quantitative estimate of drug-likeness (QED) is 0.785. The van der Waals surface area contributed by atoms with E-state index in [2.05, 4.69) is 36.1 Å². The molecule has 1 aliphatic rings. The summed E-state index contributed by atoms with van der Waals surface area (Å²) in [6, 6.07) is 14.4. The molecule has 2 aromatic rings. The van der Waals surface area contributed by atoms with Gasteiger partial charge in [0.1, 0.15) is 0 Å². The van der Waals surface area contributed by atoms with Gasteiger partial charge in [-0.05, 0) is 41.8 Å². The van der Waals surface area contributed by atoms with Crippen LogP contribution in [0.2, 0.25) is 0 Å². The molecule has 1 saturated heterocycles. The van der Waals surface area contributed by atoms with Crippen LogP contribution in [0.15, 0.2) is 42.5 Å². The molecule has 0 unspecified atom stereocenters. The molecule has 0 aromatic heterocycles. The summed E-state index contributed by atoms with van der Waals surface area (Å²) < 4.78 is 10.6. The molecule has 144 valence electrons. The predicted molar refractivity (Wildman–Crippen MR) is 108 cm³/mol. The van der Waals surface area contributed by atoms with Gasteiger partial charge in [-0.1, -0.05) is 25.1 Å². The fourth-order valence-electron chi connectivity index (χ4n) is 3.43. The van der Waals surface area contributed by atoms with Crippen molar-refractivity contribution in [3.8, 4) is 11.5 Å². The summed E-state index contributed by atoms with van der Waals surface area (Å²) in [6.45, 7) is 5.40. The molecule has 0 N–H and O–H groups in total. The molecule has 0 atom stereocenters. The number of aryl methyl sites for hydroxylation is 1. The number of benzene rings is 2. The number of nitrogens with zero attached hydrogens (tertiary/aromatic N) is 2. The number of anilines is 1. The molecule has 1 amide bonds. The van der Waals surface area contributed by atoms with Crippen LogP contribution in [-0.2, 0) is 17.6 Å². The van der Waals surface area contributed by atoms with E-state index < -0.39 is 0 Å². The van der Waals surface area contributed by atoms with E-state index in [0.717, 1.165) is 38.2 Å². The molecule has 0 spiro atoms. The molecule has 0 saturated carbocycles. The van der Waals surface area contributed by atoms with Crippen LogP contribution in [0.4, 0.5) is 5.69 Å². The number of rotatable bonds is 6. The summed E-state index contributed by atoms with van der Waals surface area (Å²) in [5.41, 5.74) is 3.52. The van der Waals surface area contributed by atoms with Crippen molar-refractivity contribution in [3.05, 3.63) is 53.6 Å². The van der Waals surface area contributed by atoms with Crippen LogP contribution in [0, 0.1) is 0 Å². The van der Waals surface area contributed by atoms with Crippen molar-refractivity contribution in [1.29, 1.82) is 0 Å². The van der Waals surface area contributed by atoms with E-state index in [1.807, 2.05) is 23.1 Å². The van der Waals surface area contributed by atoms with Gasteiger partial charge in [-0.2, -0.15) is 0 Å². The lowest BCUT2D eigenvalue weighted by Gasteiger charge is -2.36. The zero-order valence-electron chi connectivity index (χ0n) is 16.4. The zero-order valence-corrected chi connectivity index (χ0v) is 16.4. The Balaban J connectivity index is 1.56. The van der Waals surface area contributed by atoms with Gasteiger partial charge in [-0.15, -0.1) is 0 Å². The van der Waals surface area contributed by atoms with Crippen molar-refractivity contribution >= 4 is 11.6 Å². The maximum absolute atomic E-state index is 12.7. The van der Waals surface area contributed by atoms with Crippen LogP contribution in [0.1, 0.15) is 18.1 Å². The zero-order chi connectivity index (χ0) is 19.2.